The van der Waals surface area contributed by atoms with Crippen LogP contribution in [0.25, 0.3) is 11.3 Å². The van der Waals surface area contributed by atoms with Crippen molar-refractivity contribution in [2.75, 3.05) is 13.1 Å². The Morgan fingerprint density at radius 2 is 1.71 bits per heavy atom. The number of rotatable bonds is 2. The molecular formula is C25H34ClN3O2. The highest BCUT2D eigenvalue weighted by atomic mass is 35.5. The molecule has 2 heterocycles. The van der Waals surface area contributed by atoms with Crippen LogP contribution >= 0.6 is 11.6 Å². The largest absolute Gasteiger partial charge is 0.444 e. The van der Waals surface area contributed by atoms with Gasteiger partial charge in [0.2, 0.25) is 0 Å². The summed E-state index contributed by atoms with van der Waals surface area (Å²) in [7, 11) is 0. The molecule has 1 aliphatic carbocycles. The van der Waals surface area contributed by atoms with Crippen molar-refractivity contribution in [3.8, 4) is 11.3 Å². The van der Waals surface area contributed by atoms with E-state index in [0.29, 0.717) is 19.1 Å². The van der Waals surface area contributed by atoms with Gasteiger partial charge in [-0.05, 0) is 70.9 Å². The molecule has 2 aliphatic rings. The Kier molecular flexibility index (Phi) is 6.34. The van der Waals surface area contributed by atoms with E-state index in [1.165, 1.54) is 36.9 Å². The second kappa shape index (κ2) is 8.85. The summed E-state index contributed by atoms with van der Waals surface area (Å²) >= 11 is 6.17. The van der Waals surface area contributed by atoms with Gasteiger partial charge in [0.15, 0.2) is 0 Å². The van der Waals surface area contributed by atoms with Crippen LogP contribution in [0.1, 0.15) is 70.7 Å². The Morgan fingerprint density at radius 3 is 2.35 bits per heavy atom. The van der Waals surface area contributed by atoms with Crippen molar-refractivity contribution in [3.05, 3.63) is 40.5 Å². The molecule has 2 aromatic rings. The van der Waals surface area contributed by atoms with Gasteiger partial charge in [0.25, 0.3) is 0 Å². The summed E-state index contributed by atoms with van der Waals surface area (Å²) < 4.78 is 7.91. The van der Waals surface area contributed by atoms with Crippen molar-refractivity contribution in [3.63, 3.8) is 0 Å². The molecule has 1 fully saturated rings. The third kappa shape index (κ3) is 5.08. The maximum atomic E-state index is 12.6. The van der Waals surface area contributed by atoms with Gasteiger partial charge in [0.05, 0.1) is 17.4 Å². The molecule has 1 saturated carbocycles. The van der Waals surface area contributed by atoms with E-state index in [0.717, 1.165) is 35.0 Å². The second-order valence-corrected chi connectivity index (χ2v) is 10.5. The lowest BCUT2D eigenvalue weighted by Gasteiger charge is -2.28. The molecular weight excluding hydrogens is 410 g/mol. The van der Waals surface area contributed by atoms with Gasteiger partial charge in [0.1, 0.15) is 5.60 Å². The minimum absolute atomic E-state index is 0.236. The molecule has 1 aliphatic heterocycles. The molecule has 1 amide bonds. The Bertz CT molecular complexity index is 921. The predicted molar refractivity (Wildman–Crippen MR) is 125 cm³/mol. The fourth-order valence-corrected chi connectivity index (χ4v) is 4.88. The van der Waals surface area contributed by atoms with E-state index in [4.69, 9.17) is 21.4 Å². The number of halogens is 1. The molecule has 6 heteroatoms. The first kappa shape index (κ1) is 22.2. The Morgan fingerprint density at radius 1 is 1.06 bits per heavy atom. The Hall–Kier alpha value is -2.01. The first-order valence-electron chi connectivity index (χ1n) is 11.6. The number of fused-ring (bicyclic) bond motifs is 1. The van der Waals surface area contributed by atoms with Crippen molar-refractivity contribution in [1.82, 2.24) is 14.7 Å². The SMILES string of the molecule is CC1CCC(n2nc3c(c2-c2ccc(Cl)cc2)CCN(C(=O)OC(C)(C)C)CC3)CC1. The number of hydrogen-bond acceptors (Lipinski definition) is 3. The molecule has 0 radical (unpaired) electrons. The van der Waals surface area contributed by atoms with E-state index >= 15 is 0 Å². The second-order valence-electron chi connectivity index (χ2n) is 10.1. The summed E-state index contributed by atoms with van der Waals surface area (Å²) in [6.07, 6.45) is 6.16. The van der Waals surface area contributed by atoms with Crippen LogP contribution in [0.5, 0.6) is 0 Å². The first-order valence-corrected chi connectivity index (χ1v) is 11.9. The highest BCUT2D eigenvalue weighted by molar-refractivity contribution is 6.30. The third-order valence-electron chi connectivity index (χ3n) is 6.44. The molecule has 0 saturated heterocycles. The number of ether oxygens (including phenoxy) is 1. The van der Waals surface area contributed by atoms with Gasteiger partial charge >= 0.3 is 6.09 Å². The van der Waals surface area contributed by atoms with Crippen molar-refractivity contribution in [2.45, 2.75) is 77.9 Å². The van der Waals surface area contributed by atoms with Crippen LogP contribution in [-0.4, -0.2) is 39.5 Å². The quantitative estimate of drug-likeness (QED) is 0.547. The molecule has 5 nitrogen and oxygen atoms in total. The van der Waals surface area contributed by atoms with Gasteiger partial charge in [-0.1, -0.05) is 30.7 Å². The summed E-state index contributed by atoms with van der Waals surface area (Å²) in [6, 6.07) is 8.53. The number of nitrogens with zero attached hydrogens (tertiary/aromatic N) is 3. The van der Waals surface area contributed by atoms with Crippen LogP contribution in [0.2, 0.25) is 5.02 Å². The summed E-state index contributed by atoms with van der Waals surface area (Å²) in [4.78, 5) is 14.5. The number of hydrogen-bond donors (Lipinski definition) is 0. The minimum Gasteiger partial charge on any atom is -0.444 e. The molecule has 1 aromatic carbocycles. The lowest BCUT2D eigenvalue weighted by molar-refractivity contribution is 0.0258. The van der Waals surface area contributed by atoms with Gasteiger partial charge in [-0.25, -0.2) is 4.79 Å². The molecule has 0 bridgehead atoms. The van der Waals surface area contributed by atoms with E-state index in [1.807, 2.05) is 37.8 Å². The maximum Gasteiger partial charge on any atom is 0.410 e. The zero-order chi connectivity index (χ0) is 22.2. The number of aromatic nitrogens is 2. The van der Waals surface area contributed by atoms with Crippen LogP contribution in [0.3, 0.4) is 0 Å². The first-order chi connectivity index (χ1) is 14.7. The third-order valence-corrected chi connectivity index (χ3v) is 6.69. The molecule has 0 unspecified atom stereocenters. The zero-order valence-corrected chi connectivity index (χ0v) is 19.9. The Labute approximate surface area is 190 Å². The number of carbonyl (C=O) groups is 1. The van der Waals surface area contributed by atoms with Crippen LogP contribution < -0.4 is 0 Å². The highest BCUT2D eigenvalue weighted by Crippen LogP contribution is 2.38. The van der Waals surface area contributed by atoms with Gasteiger partial charge in [-0.3, -0.25) is 4.68 Å². The molecule has 1 aromatic heterocycles. The fraction of sp³-hybridized carbons (Fsp3) is 0.600. The van der Waals surface area contributed by atoms with Crippen LogP contribution in [0.15, 0.2) is 24.3 Å². The van der Waals surface area contributed by atoms with Gasteiger partial charge in [-0.15, -0.1) is 0 Å². The average Bonchev–Trinajstić information content (AvgIpc) is 2.93. The van der Waals surface area contributed by atoms with Crippen LogP contribution in [0.4, 0.5) is 4.79 Å². The smallest absolute Gasteiger partial charge is 0.410 e. The molecule has 0 N–H and O–H groups in total. The standard InChI is InChI=1S/C25H34ClN3O2/c1-17-5-11-20(12-6-17)29-23(18-7-9-19(26)10-8-18)21-13-15-28(16-14-22(21)27-29)24(30)31-25(2,3)4/h7-10,17,20H,5-6,11-16H2,1-4H3. The fourth-order valence-electron chi connectivity index (χ4n) is 4.75. The lowest BCUT2D eigenvalue weighted by Crippen LogP contribution is -2.38. The van der Waals surface area contributed by atoms with E-state index in [9.17, 15) is 4.79 Å². The molecule has 4 rings (SSSR count). The van der Waals surface area contributed by atoms with Gasteiger partial charge < -0.3 is 9.64 Å². The van der Waals surface area contributed by atoms with E-state index < -0.39 is 5.60 Å². The van der Waals surface area contributed by atoms with Crippen LogP contribution in [-0.2, 0) is 17.6 Å². The number of amides is 1. The lowest BCUT2D eigenvalue weighted by atomic mass is 9.87. The highest BCUT2D eigenvalue weighted by Gasteiger charge is 2.30. The summed E-state index contributed by atoms with van der Waals surface area (Å²) in [5.41, 5.74) is 4.26. The Balaban J connectivity index is 1.65. The molecule has 0 atom stereocenters. The number of carbonyl (C=O) groups excluding carboxylic acids is 1. The summed E-state index contributed by atoms with van der Waals surface area (Å²) in [5, 5.41) is 5.87. The average molecular weight is 444 g/mol. The van der Waals surface area contributed by atoms with Crippen molar-refractivity contribution >= 4 is 17.7 Å². The van der Waals surface area contributed by atoms with E-state index in [-0.39, 0.29) is 6.09 Å². The van der Waals surface area contributed by atoms with E-state index in [1.54, 1.807) is 0 Å². The zero-order valence-electron chi connectivity index (χ0n) is 19.2. The van der Waals surface area contributed by atoms with Gasteiger partial charge in [-0.2, -0.15) is 5.10 Å². The normalized spacial score (nSPS) is 22.0. The molecule has 31 heavy (non-hydrogen) atoms. The summed E-state index contributed by atoms with van der Waals surface area (Å²) in [5.74, 6) is 0.797. The molecule has 0 spiro atoms. The maximum absolute atomic E-state index is 12.6. The summed E-state index contributed by atoms with van der Waals surface area (Å²) in [6.45, 7) is 9.36. The minimum atomic E-state index is -0.487. The van der Waals surface area contributed by atoms with Crippen molar-refractivity contribution in [2.24, 2.45) is 5.92 Å². The molecule has 168 valence electrons. The number of benzene rings is 1. The topological polar surface area (TPSA) is 47.4 Å². The van der Waals surface area contributed by atoms with Crippen molar-refractivity contribution < 1.29 is 9.53 Å². The predicted octanol–water partition coefficient (Wildman–Crippen LogP) is 6.29. The van der Waals surface area contributed by atoms with Crippen molar-refractivity contribution in [1.29, 1.82) is 0 Å². The van der Waals surface area contributed by atoms with Crippen LogP contribution in [0, 0.1) is 5.92 Å². The van der Waals surface area contributed by atoms with E-state index in [2.05, 4.69) is 23.7 Å². The van der Waals surface area contributed by atoms with Gasteiger partial charge in [0, 0.05) is 35.7 Å². The monoisotopic (exact) mass is 443 g/mol.